The fourth-order valence-corrected chi connectivity index (χ4v) is 6.17. The molecular weight excluding hydrogens is 300 g/mol. The van der Waals surface area contributed by atoms with Crippen LogP contribution in [0.4, 0.5) is 0 Å². The lowest BCUT2D eigenvalue weighted by atomic mass is 9.78. The molecule has 0 radical (unpaired) electrons. The third kappa shape index (κ3) is 3.32. The van der Waals surface area contributed by atoms with Crippen molar-refractivity contribution in [2.75, 3.05) is 18.1 Å². The molecule has 5 heteroatoms. The molecule has 2 aliphatic heterocycles. The summed E-state index contributed by atoms with van der Waals surface area (Å²) in [6.07, 6.45) is 5.77. The van der Waals surface area contributed by atoms with E-state index in [1.165, 1.54) is 34.8 Å². The molecule has 2 fully saturated rings. The SMILES string of the molecule is CCc1ccsc1C(NN)C1CCOC2(CCSCC2)C1. The zero-order valence-electron chi connectivity index (χ0n) is 12.8. The summed E-state index contributed by atoms with van der Waals surface area (Å²) in [6.45, 7) is 3.11. The van der Waals surface area contributed by atoms with Crippen LogP contribution in [-0.4, -0.2) is 23.7 Å². The highest BCUT2D eigenvalue weighted by molar-refractivity contribution is 7.99. The number of hydrogen-bond acceptors (Lipinski definition) is 5. The van der Waals surface area contributed by atoms with E-state index in [9.17, 15) is 0 Å². The third-order valence-electron chi connectivity index (χ3n) is 5.03. The van der Waals surface area contributed by atoms with Gasteiger partial charge in [0.25, 0.3) is 0 Å². The van der Waals surface area contributed by atoms with E-state index in [-0.39, 0.29) is 11.6 Å². The molecule has 0 saturated carbocycles. The lowest BCUT2D eigenvalue weighted by molar-refractivity contribution is -0.107. The summed E-state index contributed by atoms with van der Waals surface area (Å²) in [5, 5.41) is 2.20. The minimum Gasteiger partial charge on any atom is -0.375 e. The van der Waals surface area contributed by atoms with E-state index in [0.717, 1.165) is 25.9 Å². The molecule has 3 N–H and O–H groups in total. The van der Waals surface area contributed by atoms with Crippen LogP contribution < -0.4 is 11.3 Å². The molecule has 1 spiro atoms. The second kappa shape index (κ2) is 7.01. The number of thioether (sulfide) groups is 1. The van der Waals surface area contributed by atoms with Crippen LogP contribution in [0.15, 0.2) is 11.4 Å². The Balaban J connectivity index is 1.77. The van der Waals surface area contributed by atoms with Crippen molar-refractivity contribution in [2.24, 2.45) is 11.8 Å². The van der Waals surface area contributed by atoms with Gasteiger partial charge in [0.2, 0.25) is 0 Å². The number of ether oxygens (including phenoxy) is 1. The fraction of sp³-hybridized carbons (Fsp3) is 0.750. The van der Waals surface area contributed by atoms with Crippen molar-refractivity contribution in [2.45, 2.75) is 50.7 Å². The average molecular weight is 327 g/mol. The lowest BCUT2D eigenvalue weighted by Crippen LogP contribution is -2.46. The monoisotopic (exact) mass is 326 g/mol. The summed E-state index contributed by atoms with van der Waals surface area (Å²) in [5.41, 5.74) is 4.70. The molecule has 0 amide bonds. The van der Waals surface area contributed by atoms with Gasteiger partial charge in [0.15, 0.2) is 0 Å². The first-order valence-corrected chi connectivity index (χ1v) is 10.1. The molecule has 21 heavy (non-hydrogen) atoms. The first-order valence-electron chi connectivity index (χ1n) is 8.02. The smallest absolute Gasteiger partial charge is 0.0701 e. The molecular formula is C16H26N2OS2. The van der Waals surface area contributed by atoms with Crippen LogP contribution in [0, 0.1) is 5.92 Å². The molecule has 1 aromatic rings. The minimum atomic E-state index is 0.132. The number of rotatable bonds is 4. The number of aryl methyl sites for hydroxylation is 1. The maximum absolute atomic E-state index is 6.23. The van der Waals surface area contributed by atoms with Crippen LogP contribution in [0.5, 0.6) is 0 Å². The fourth-order valence-electron chi connectivity index (χ4n) is 3.78. The maximum atomic E-state index is 6.23. The molecule has 0 bridgehead atoms. The number of nitrogens with one attached hydrogen (secondary N) is 1. The Morgan fingerprint density at radius 1 is 1.48 bits per heavy atom. The normalized spacial score (nSPS) is 26.9. The molecule has 118 valence electrons. The summed E-state index contributed by atoms with van der Waals surface area (Å²) in [6, 6.07) is 2.53. The molecule has 2 atom stereocenters. The predicted molar refractivity (Wildman–Crippen MR) is 91.7 cm³/mol. The zero-order chi connectivity index (χ0) is 14.7. The summed E-state index contributed by atoms with van der Waals surface area (Å²) in [4.78, 5) is 1.44. The van der Waals surface area contributed by atoms with Crippen LogP contribution in [0.25, 0.3) is 0 Å². The van der Waals surface area contributed by atoms with E-state index < -0.39 is 0 Å². The van der Waals surface area contributed by atoms with Gasteiger partial charge in [-0.15, -0.1) is 11.3 Å². The van der Waals surface area contributed by atoms with Crippen LogP contribution in [0.3, 0.4) is 0 Å². The molecule has 3 heterocycles. The van der Waals surface area contributed by atoms with Crippen molar-refractivity contribution in [1.29, 1.82) is 0 Å². The van der Waals surface area contributed by atoms with Crippen molar-refractivity contribution >= 4 is 23.1 Å². The van der Waals surface area contributed by atoms with Gasteiger partial charge >= 0.3 is 0 Å². The van der Waals surface area contributed by atoms with Crippen LogP contribution in [-0.2, 0) is 11.2 Å². The minimum absolute atomic E-state index is 0.132. The van der Waals surface area contributed by atoms with Crippen molar-refractivity contribution in [3.63, 3.8) is 0 Å². The van der Waals surface area contributed by atoms with E-state index >= 15 is 0 Å². The molecule has 3 nitrogen and oxygen atoms in total. The Labute approximate surface area is 136 Å². The van der Waals surface area contributed by atoms with Crippen molar-refractivity contribution in [3.05, 3.63) is 21.9 Å². The molecule has 0 aromatic carbocycles. The molecule has 0 aliphatic carbocycles. The van der Waals surface area contributed by atoms with E-state index in [1.54, 1.807) is 0 Å². The van der Waals surface area contributed by atoms with Crippen molar-refractivity contribution < 1.29 is 4.74 Å². The number of hydrazine groups is 1. The second-order valence-corrected chi connectivity index (χ2v) is 8.38. The highest BCUT2D eigenvalue weighted by atomic mass is 32.2. The van der Waals surface area contributed by atoms with Crippen LogP contribution in [0.2, 0.25) is 0 Å². The predicted octanol–water partition coefficient (Wildman–Crippen LogP) is 3.51. The van der Waals surface area contributed by atoms with Crippen LogP contribution in [0.1, 0.15) is 49.1 Å². The van der Waals surface area contributed by atoms with Crippen LogP contribution >= 0.6 is 23.1 Å². The quantitative estimate of drug-likeness (QED) is 0.656. The maximum Gasteiger partial charge on any atom is 0.0701 e. The van der Waals surface area contributed by atoms with Gasteiger partial charge in [-0.2, -0.15) is 11.8 Å². The Bertz CT molecular complexity index is 451. The molecule has 2 unspecified atom stereocenters. The topological polar surface area (TPSA) is 47.3 Å². The first-order chi connectivity index (χ1) is 10.3. The Hall–Kier alpha value is -0.0700. The number of nitrogens with two attached hydrogens (primary N) is 1. The molecule has 2 aliphatic rings. The van der Waals surface area contributed by atoms with E-state index in [0.29, 0.717) is 5.92 Å². The van der Waals surface area contributed by atoms with Gasteiger partial charge in [-0.25, -0.2) is 0 Å². The van der Waals surface area contributed by atoms with Gasteiger partial charge < -0.3 is 4.74 Å². The largest absolute Gasteiger partial charge is 0.375 e. The van der Waals surface area contributed by atoms with E-state index in [1.807, 2.05) is 11.3 Å². The summed E-state index contributed by atoms with van der Waals surface area (Å²) >= 11 is 3.91. The first kappa shape index (κ1) is 15.8. The zero-order valence-corrected chi connectivity index (χ0v) is 14.4. The Kier molecular flexibility index (Phi) is 5.27. The van der Waals surface area contributed by atoms with Crippen molar-refractivity contribution in [1.82, 2.24) is 5.43 Å². The number of thiophene rings is 1. The van der Waals surface area contributed by atoms with E-state index in [4.69, 9.17) is 10.6 Å². The Morgan fingerprint density at radius 3 is 3.00 bits per heavy atom. The Morgan fingerprint density at radius 2 is 2.29 bits per heavy atom. The van der Waals surface area contributed by atoms with Crippen molar-refractivity contribution in [3.8, 4) is 0 Å². The van der Waals surface area contributed by atoms with Gasteiger partial charge in [0, 0.05) is 11.5 Å². The van der Waals surface area contributed by atoms with Gasteiger partial charge in [0.05, 0.1) is 11.6 Å². The standard InChI is InChI=1S/C16H26N2OS2/c1-2-12-4-8-21-15(12)14(18-17)13-3-7-19-16(11-13)5-9-20-10-6-16/h4,8,13-14,18H,2-3,5-7,9-11,17H2,1H3. The summed E-state index contributed by atoms with van der Waals surface area (Å²) in [7, 11) is 0. The highest BCUT2D eigenvalue weighted by Crippen LogP contribution is 2.44. The molecule has 3 rings (SSSR count). The van der Waals surface area contributed by atoms with Gasteiger partial charge in [-0.3, -0.25) is 11.3 Å². The summed E-state index contributed by atoms with van der Waals surface area (Å²) in [5.74, 6) is 9.03. The lowest BCUT2D eigenvalue weighted by Gasteiger charge is -2.45. The molecule has 2 saturated heterocycles. The highest BCUT2D eigenvalue weighted by Gasteiger charge is 2.41. The van der Waals surface area contributed by atoms with Gasteiger partial charge in [0.1, 0.15) is 0 Å². The average Bonchev–Trinajstić information content (AvgIpc) is 2.97. The van der Waals surface area contributed by atoms with E-state index in [2.05, 4.69) is 35.6 Å². The molecule has 1 aromatic heterocycles. The third-order valence-corrected chi connectivity index (χ3v) is 7.06. The van der Waals surface area contributed by atoms with Gasteiger partial charge in [-0.05, 0) is 66.5 Å². The second-order valence-electron chi connectivity index (χ2n) is 6.20. The van der Waals surface area contributed by atoms with Gasteiger partial charge in [-0.1, -0.05) is 6.92 Å². The summed E-state index contributed by atoms with van der Waals surface area (Å²) < 4.78 is 6.23. The number of hydrogen-bond donors (Lipinski definition) is 2.